The van der Waals surface area contributed by atoms with Gasteiger partial charge in [0.1, 0.15) is 5.75 Å². The number of aromatic carboxylic acids is 1. The van der Waals surface area contributed by atoms with Crippen molar-refractivity contribution in [2.45, 2.75) is 19.8 Å². The third-order valence-electron chi connectivity index (χ3n) is 3.53. The van der Waals surface area contributed by atoms with E-state index >= 15 is 0 Å². The summed E-state index contributed by atoms with van der Waals surface area (Å²) in [5.41, 5.74) is 0.790. The predicted molar refractivity (Wildman–Crippen MR) is 92.8 cm³/mol. The summed E-state index contributed by atoms with van der Waals surface area (Å²) >= 11 is 0. The maximum absolute atomic E-state index is 11.5. The fraction of sp³-hybridized carbons (Fsp3) is 0.278. The summed E-state index contributed by atoms with van der Waals surface area (Å²) in [6.07, 6.45) is 3.97. The molecule has 7 nitrogen and oxygen atoms in total. The highest BCUT2D eigenvalue weighted by Crippen LogP contribution is 2.29. The lowest BCUT2D eigenvalue weighted by Gasteiger charge is -2.18. The van der Waals surface area contributed by atoms with Crippen LogP contribution in [0.3, 0.4) is 0 Å². The van der Waals surface area contributed by atoms with Crippen LogP contribution in [-0.2, 0) is 4.79 Å². The zero-order chi connectivity index (χ0) is 18.2. The number of carbonyl (C=O) groups is 2. The molecule has 0 radical (unpaired) electrons. The number of hydrogen-bond donors (Lipinski definition) is 1. The number of rotatable bonds is 9. The molecule has 7 heteroatoms. The van der Waals surface area contributed by atoms with E-state index < -0.39 is 5.97 Å². The Hall–Kier alpha value is -3.09. The molecule has 0 saturated heterocycles. The SMILES string of the molecule is CCCCOc1ccc(N(C=O)c2cnc(C(=O)O)c(OC)c2)cc1. The molecule has 0 atom stereocenters. The molecule has 1 aromatic heterocycles. The number of ether oxygens (including phenoxy) is 2. The molecule has 0 unspecified atom stereocenters. The van der Waals surface area contributed by atoms with Gasteiger partial charge in [0.05, 0.1) is 25.6 Å². The van der Waals surface area contributed by atoms with Crippen molar-refractivity contribution in [2.75, 3.05) is 18.6 Å². The van der Waals surface area contributed by atoms with Crippen LogP contribution in [-0.4, -0.2) is 36.2 Å². The molecule has 2 aromatic rings. The number of benzene rings is 1. The highest BCUT2D eigenvalue weighted by atomic mass is 16.5. The van der Waals surface area contributed by atoms with Crippen molar-refractivity contribution in [3.63, 3.8) is 0 Å². The van der Waals surface area contributed by atoms with Crippen molar-refractivity contribution in [3.05, 3.63) is 42.2 Å². The molecule has 0 aliphatic heterocycles. The quantitative estimate of drug-likeness (QED) is 0.555. The van der Waals surface area contributed by atoms with E-state index in [0.29, 0.717) is 24.4 Å². The lowest BCUT2D eigenvalue weighted by Crippen LogP contribution is -2.15. The molecule has 1 N–H and O–H groups in total. The van der Waals surface area contributed by atoms with Crippen LogP contribution in [0.4, 0.5) is 11.4 Å². The molecule has 0 aliphatic rings. The third-order valence-corrected chi connectivity index (χ3v) is 3.53. The lowest BCUT2D eigenvalue weighted by atomic mass is 10.2. The van der Waals surface area contributed by atoms with E-state index in [0.717, 1.165) is 18.6 Å². The van der Waals surface area contributed by atoms with Crippen LogP contribution in [0, 0.1) is 0 Å². The van der Waals surface area contributed by atoms with Crippen LogP contribution in [0.1, 0.15) is 30.3 Å². The van der Waals surface area contributed by atoms with Crippen LogP contribution in [0.5, 0.6) is 11.5 Å². The molecule has 0 spiro atoms. The molecule has 1 aromatic carbocycles. The van der Waals surface area contributed by atoms with Crippen molar-refractivity contribution in [1.29, 1.82) is 0 Å². The maximum Gasteiger partial charge on any atom is 0.358 e. The Balaban J connectivity index is 2.24. The fourth-order valence-corrected chi connectivity index (χ4v) is 2.19. The monoisotopic (exact) mass is 344 g/mol. The van der Waals surface area contributed by atoms with Crippen molar-refractivity contribution in [3.8, 4) is 11.5 Å². The largest absolute Gasteiger partial charge is 0.494 e. The molecule has 0 bridgehead atoms. The van der Waals surface area contributed by atoms with Crippen LogP contribution < -0.4 is 14.4 Å². The minimum atomic E-state index is -1.20. The van der Waals surface area contributed by atoms with Crippen molar-refractivity contribution >= 4 is 23.8 Å². The van der Waals surface area contributed by atoms with Gasteiger partial charge in [-0.25, -0.2) is 9.78 Å². The highest BCUT2D eigenvalue weighted by molar-refractivity contribution is 5.91. The standard InChI is InChI=1S/C18H20N2O5/c1-3-4-9-25-15-7-5-13(6-8-15)20(12-21)14-10-16(24-2)17(18(22)23)19-11-14/h5-8,10-12H,3-4,9H2,1-2H3,(H,22,23). The molecule has 1 heterocycles. The second-order valence-electron chi connectivity index (χ2n) is 5.22. The Bertz CT molecular complexity index is 731. The lowest BCUT2D eigenvalue weighted by molar-refractivity contribution is -0.106. The van der Waals surface area contributed by atoms with Crippen LogP contribution in [0.2, 0.25) is 0 Å². The molecular weight excluding hydrogens is 324 g/mol. The number of carbonyl (C=O) groups excluding carboxylic acids is 1. The van der Waals surface area contributed by atoms with E-state index in [-0.39, 0.29) is 11.4 Å². The minimum absolute atomic E-state index is 0.0800. The normalized spacial score (nSPS) is 10.2. The number of hydrogen-bond acceptors (Lipinski definition) is 5. The smallest absolute Gasteiger partial charge is 0.358 e. The van der Waals surface area contributed by atoms with Gasteiger partial charge in [-0.3, -0.25) is 9.69 Å². The zero-order valence-electron chi connectivity index (χ0n) is 14.1. The maximum atomic E-state index is 11.5. The number of anilines is 2. The number of carboxylic acid groups (broad SMARTS) is 1. The predicted octanol–water partition coefficient (Wildman–Crippen LogP) is 3.26. The van der Waals surface area contributed by atoms with E-state index in [1.54, 1.807) is 24.3 Å². The first-order chi connectivity index (χ1) is 12.1. The Kier molecular flexibility index (Phi) is 6.33. The van der Waals surface area contributed by atoms with Gasteiger partial charge in [0.2, 0.25) is 6.41 Å². The molecule has 2 rings (SSSR count). The van der Waals surface area contributed by atoms with Gasteiger partial charge in [0.25, 0.3) is 0 Å². The summed E-state index contributed by atoms with van der Waals surface area (Å²) in [4.78, 5) is 27.8. The number of amides is 1. The summed E-state index contributed by atoms with van der Waals surface area (Å²) in [5.74, 6) is -0.397. The first kappa shape index (κ1) is 18.3. The van der Waals surface area contributed by atoms with Gasteiger partial charge in [-0.1, -0.05) is 13.3 Å². The van der Waals surface area contributed by atoms with E-state index in [2.05, 4.69) is 11.9 Å². The zero-order valence-corrected chi connectivity index (χ0v) is 14.1. The van der Waals surface area contributed by atoms with Gasteiger partial charge >= 0.3 is 5.97 Å². The topological polar surface area (TPSA) is 89.0 Å². The number of methoxy groups -OCH3 is 1. The van der Waals surface area contributed by atoms with Gasteiger partial charge in [0, 0.05) is 11.8 Å². The number of carboxylic acids is 1. The molecule has 25 heavy (non-hydrogen) atoms. The summed E-state index contributed by atoms with van der Waals surface area (Å²) in [7, 11) is 1.35. The van der Waals surface area contributed by atoms with E-state index in [4.69, 9.17) is 14.6 Å². The molecule has 0 aliphatic carbocycles. The molecule has 1 amide bonds. The average Bonchev–Trinajstić information content (AvgIpc) is 2.63. The van der Waals surface area contributed by atoms with Crippen LogP contribution in [0.25, 0.3) is 0 Å². The van der Waals surface area contributed by atoms with Gasteiger partial charge < -0.3 is 14.6 Å². The Morgan fingerprint density at radius 1 is 1.28 bits per heavy atom. The van der Waals surface area contributed by atoms with Gasteiger partial charge in [-0.05, 0) is 30.7 Å². The molecule has 132 valence electrons. The van der Waals surface area contributed by atoms with E-state index in [1.165, 1.54) is 24.3 Å². The molecule has 0 fully saturated rings. The van der Waals surface area contributed by atoms with Crippen molar-refractivity contribution in [2.24, 2.45) is 0 Å². The molecular formula is C18H20N2O5. The van der Waals surface area contributed by atoms with Crippen LogP contribution in [0.15, 0.2) is 36.5 Å². The summed E-state index contributed by atoms with van der Waals surface area (Å²) < 4.78 is 10.6. The van der Waals surface area contributed by atoms with Gasteiger partial charge in [-0.15, -0.1) is 0 Å². The average molecular weight is 344 g/mol. The van der Waals surface area contributed by atoms with E-state index in [1.807, 2.05) is 0 Å². The van der Waals surface area contributed by atoms with Crippen LogP contribution >= 0.6 is 0 Å². The number of aromatic nitrogens is 1. The number of pyridine rings is 1. The Morgan fingerprint density at radius 3 is 2.56 bits per heavy atom. The summed E-state index contributed by atoms with van der Waals surface area (Å²) in [5, 5.41) is 9.08. The number of unbranched alkanes of at least 4 members (excludes halogenated alkanes) is 1. The van der Waals surface area contributed by atoms with Crippen molar-refractivity contribution < 1.29 is 24.2 Å². The molecule has 0 saturated carbocycles. The number of nitrogens with zero attached hydrogens (tertiary/aromatic N) is 2. The Morgan fingerprint density at radius 2 is 2.00 bits per heavy atom. The van der Waals surface area contributed by atoms with Gasteiger partial charge in [0.15, 0.2) is 11.4 Å². The fourth-order valence-electron chi connectivity index (χ4n) is 2.19. The first-order valence-corrected chi connectivity index (χ1v) is 7.85. The first-order valence-electron chi connectivity index (χ1n) is 7.85. The summed E-state index contributed by atoms with van der Waals surface area (Å²) in [6, 6.07) is 8.49. The van der Waals surface area contributed by atoms with Gasteiger partial charge in [-0.2, -0.15) is 0 Å². The van der Waals surface area contributed by atoms with E-state index in [9.17, 15) is 9.59 Å². The summed E-state index contributed by atoms with van der Waals surface area (Å²) in [6.45, 7) is 2.73. The van der Waals surface area contributed by atoms with Crippen molar-refractivity contribution in [1.82, 2.24) is 4.98 Å². The third kappa shape index (κ3) is 4.47. The highest BCUT2D eigenvalue weighted by Gasteiger charge is 2.17. The minimum Gasteiger partial charge on any atom is -0.494 e. The second kappa shape index (κ2) is 8.68. The Labute approximate surface area is 145 Å². The second-order valence-corrected chi connectivity index (χ2v) is 5.22.